The van der Waals surface area contributed by atoms with Crippen molar-refractivity contribution in [2.24, 2.45) is 0 Å². The largest absolute Gasteiger partial charge is 0.382 e. The summed E-state index contributed by atoms with van der Waals surface area (Å²) in [7, 11) is 0. The Bertz CT molecular complexity index is 603. The van der Waals surface area contributed by atoms with Crippen molar-refractivity contribution < 1.29 is 4.74 Å². The van der Waals surface area contributed by atoms with E-state index in [9.17, 15) is 4.79 Å². The van der Waals surface area contributed by atoms with Crippen molar-refractivity contribution >= 4 is 5.52 Å². The molecule has 0 saturated heterocycles. The predicted octanol–water partition coefficient (Wildman–Crippen LogP) is 0.821. The van der Waals surface area contributed by atoms with Crippen molar-refractivity contribution in [2.75, 3.05) is 26.3 Å². The second kappa shape index (κ2) is 7.21. The van der Waals surface area contributed by atoms with Crippen molar-refractivity contribution in [1.82, 2.24) is 19.5 Å². The van der Waals surface area contributed by atoms with Gasteiger partial charge in [-0.2, -0.15) is 5.10 Å². The Kier molecular flexibility index (Phi) is 5.31. The van der Waals surface area contributed by atoms with Gasteiger partial charge in [-0.25, -0.2) is 4.52 Å². The molecular weight excluding hydrogens is 256 g/mol. The highest BCUT2D eigenvalue weighted by Crippen LogP contribution is 1.99. The van der Waals surface area contributed by atoms with Gasteiger partial charge in [-0.1, -0.05) is 0 Å². The first kappa shape index (κ1) is 14.7. The van der Waals surface area contributed by atoms with Crippen LogP contribution in [0, 0.1) is 6.92 Å². The molecule has 0 fully saturated rings. The van der Waals surface area contributed by atoms with Crippen molar-refractivity contribution in [3.05, 3.63) is 34.5 Å². The van der Waals surface area contributed by atoms with Gasteiger partial charge in [0.15, 0.2) is 0 Å². The van der Waals surface area contributed by atoms with E-state index < -0.39 is 0 Å². The lowest BCUT2D eigenvalue weighted by atomic mass is 10.4. The fourth-order valence-electron chi connectivity index (χ4n) is 2.09. The normalized spacial score (nSPS) is 11.3. The molecule has 0 aliphatic rings. The minimum absolute atomic E-state index is 0.00390. The van der Waals surface area contributed by atoms with Gasteiger partial charge in [-0.05, 0) is 32.9 Å². The van der Waals surface area contributed by atoms with Crippen LogP contribution in [0.3, 0.4) is 0 Å². The fourth-order valence-corrected chi connectivity index (χ4v) is 2.09. The molecule has 1 N–H and O–H groups in total. The Morgan fingerprint density at radius 1 is 1.35 bits per heavy atom. The van der Waals surface area contributed by atoms with Crippen LogP contribution < -0.4 is 10.9 Å². The minimum Gasteiger partial charge on any atom is -0.382 e. The molecule has 0 unspecified atom stereocenters. The summed E-state index contributed by atoms with van der Waals surface area (Å²) in [5.74, 6) is 0. The third kappa shape index (κ3) is 3.68. The van der Waals surface area contributed by atoms with Crippen LogP contribution in [0.5, 0.6) is 0 Å². The number of rotatable bonds is 8. The van der Waals surface area contributed by atoms with Gasteiger partial charge in [0.2, 0.25) is 0 Å². The van der Waals surface area contributed by atoms with Gasteiger partial charge in [-0.3, -0.25) is 4.79 Å². The van der Waals surface area contributed by atoms with E-state index in [-0.39, 0.29) is 5.56 Å². The molecule has 0 aliphatic heterocycles. The highest BCUT2D eigenvalue weighted by atomic mass is 16.5. The third-order valence-electron chi connectivity index (χ3n) is 3.10. The summed E-state index contributed by atoms with van der Waals surface area (Å²) in [5, 5.41) is 7.54. The van der Waals surface area contributed by atoms with E-state index in [2.05, 4.69) is 10.4 Å². The average Bonchev–Trinajstić information content (AvgIpc) is 2.82. The van der Waals surface area contributed by atoms with Crippen LogP contribution in [-0.2, 0) is 11.3 Å². The smallest absolute Gasteiger partial charge is 0.276 e. The van der Waals surface area contributed by atoms with Crippen molar-refractivity contribution in [3.63, 3.8) is 0 Å². The Balaban J connectivity index is 1.84. The molecular formula is C14H22N4O2. The van der Waals surface area contributed by atoms with Crippen LogP contribution in [0.2, 0.25) is 0 Å². The number of hydrogen-bond acceptors (Lipinski definition) is 4. The van der Waals surface area contributed by atoms with Crippen LogP contribution in [-0.4, -0.2) is 40.5 Å². The number of nitrogens with one attached hydrogen (secondary N) is 1. The standard InChI is InChI=1S/C14H22N4O2/c1-3-20-10-4-5-15-6-7-17-8-9-18-13(14(17)19)11-12(2)16-18/h8-9,11,15H,3-7,10H2,1-2H3. The molecule has 0 radical (unpaired) electrons. The molecule has 2 aromatic heterocycles. The first-order chi connectivity index (χ1) is 9.72. The number of ether oxygens (including phenoxy) is 1. The third-order valence-corrected chi connectivity index (χ3v) is 3.10. The summed E-state index contributed by atoms with van der Waals surface area (Å²) in [6.07, 6.45) is 4.59. The van der Waals surface area contributed by atoms with Gasteiger partial charge >= 0.3 is 0 Å². The molecule has 0 bridgehead atoms. The maximum atomic E-state index is 12.2. The second-order valence-electron chi connectivity index (χ2n) is 4.71. The monoisotopic (exact) mass is 278 g/mol. The molecule has 0 spiro atoms. The number of nitrogens with zero attached hydrogens (tertiary/aromatic N) is 3. The number of hydrogen-bond donors (Lipinski definition) is 1. The Labute approximate surface area is 118 Å². The van der Waals surface area contributed by atoms with Gasteiger partial charge in [0.1, 0.15) is 5.52 Å². The zero-order valence-electron chi connectivity index (χ0n) is 12.1. The Hall–Kier alpha value is -1.66. The van der Waals surface area contributed by atoms with Crippen LogP contribution in [0.15, 0.2) is 23.3 Å². The molecule has 6 heteroatoms. The lowest BCUT2D eigenvalue weighted by Gasteiger charge is -2.07. The summed E-state index contributed by atoms with van der Waals surface area (Å²) in [5.41, 5.74) is 1.49. The van der Waals surface area contributed by atoms with Gasteiger partial charge in [-0.15, -0.1) is 0 Å². The highest BCUT2D eigenvalue weighted by Gasteiger charge is 2.04. The van der Waals surface area contributed by atoms with Crippen LogP contribution in [0.25, 0.3) is 5.52 Å². The average molecular weight is 278 g/mol. The number of fused-ring (bicyclic) bond motifs is 1. The maximum absolute atomic E-state index is 12.2. The second-order valence-corrected chi connectivity index (χ2v) is 4.71. The van der Waals surface area contributed by atoms with Crippen molar-refractivity contribution in [3.8, 4) is 0 Å². The molecule has 0 aromatic carbocycles. The van der Waals surface area contributed by atoms with E-state index in [1.165, 1.54) is 0 Å². The topological polar surface area (TPSA) is 60.6 Å². The molecule has 2 aromatic rings. The Morgan fingerprint density at radius 2 is 2.20 bits per heavy atom. The van der Waals surface area contributed by atoms with E-state index in [4.69, 9.17) is 4.74 Å². The maximum Gasteiger partial charge on any atom is 0.276 e. The van der Waals surface area contributed by atoms with Gasteiger partial charge in [0.05, 0.1) is 5.69 Å². The number of aromatic nitrogens is 3. The molecule has 2 heterocycles. The summed E-state index contributed by atoms with van der Waals surface area (Å²) in [4.78, 5) is 12.2. The first-order valence-electron chi connectivity index (χ1n) is 7.06. The predicted molar refractivity (Wildman–Crippen MR) is 78.2 cm³/mol. The summed E-state index contributed by atoms with van der Waals surface area (Å²) in [6.45, 7) is 7.77. The van der Waals surface area contributed by atoms with Gasteiger partial charge in [0.25, 0.3) is 5.56 Å². The van der Waals surface area contributed by atoms with E-state index in [1.54, 1.807) is 15.3 Å². The summed E-state index contributed by atoms with van der Waals surface area (Å²) < 4.78 is 8.61. The SMILES string of the molecule is CCOCCCNCCn1ccn2nc(C)cc2c1=O. The molecule has 6 nitrogen and oxygen atoms in total. The molecule has 2 rings (SSSR count). The Morgan fingerprint density at radius 3 is 3.00 bits per heavy atom. The molecule has 0 amide bonds. The molecule has 20 heavy (non-hydrogen) atoms. The lowest BCUT2D eigenvalue weighted by Crippen LogP contribution is -2.28. The number of aryl methyl sites for hydroxylation is 1. The van der Waals surface area contributed by atoms with Gasteiger partial charge in [0, 0.05) is 38.7 Å². The molecule has 0 saturated carbocycles. The van der Waals surface area contributed by atoms with Crippen LogP contribution >= 0.6 is 0 Å². The van der Waals surface area contributed by atoms with E-state index in [0.717, 1.165) is 38.4 Å². The van der Waals surface area contributed by atoms with Crippen molar-refractivity contribution in [1.29, 1.82) is 0 Å². The van der Waals surface area contributed by atoms with E-state index in [1.807, 2.05) is 26.1 Å². The summed E-state index contributed by atoms with van der Waals surface area (Å²) >= 11 is 0. The fraction of sp³-hybridized carbons (Fsp3) is 0.571. The minimum atomic E-state index is 0.00390. The first-order valence-corrected chi connectivity index (χ1v) is 7.06. The quantitative estimate of drug-likeness (QED) is 0.726. The van der Waals surface area contributed by atoms with Crippen molar-refractivity contribution in [2.45, 2.75) is 26.8 Å². The molecule has 0 aliphatic carbocycles. The lowest BCUT2D eigenvalue weighted by molar-refractivity contribution is 0.145. The van der Waals surface area contributed by atoms with E-state index >= 15 is 0 Å². The zero-order valence-corrected chi connectivity index (χ0v) is 12.1. The molecule has 0 atom stereocenters. The van der Waals surface area contributed by atoms with Gasteiger partial charge < -0.3 is 14.6 Å². The highest BCUT2D eigenvalue weighted by molar-refractivity contribution is 5.44. The van der Waals surface area contributed by atoms with Crippen LogP contribution in [0.1, 0.15) is 19.0 Å². The molecule has 110 valence electrons. The van der Waals surface area contributed by atoms with E-state index in [0.29, 0.717) is 12.1 Å². The zero-order chi connectivity index (χ0) is 14.4. The van der Waals surface area contributed by atoms with Crippen LogP contribution in [0.4, 0.5) is 0 Å². The summed E-state index contributed by atoms with van der Waals surface area (Å²) in [6, 6.07) is 1.81.